The van der Waals surface area contributed by atoms with Crippen LogP contribution in [0.3, 0.4) is 0 Å². The first-order valence-electron chi connectivity index (χ1n) is 4.11. The third-order valence-electron chi connectivity index (χ3n) is 2.37. The Morgan fingerprint density at radius 3 is 3.40 bits per heavy atom. The molecule has 1 heterocycles. The maximum atomic E-state index is 3.37. The molecule has 0 aromatic heterocycles. The molecule has 0 aromatic rings. The lowest BCUT2D eigenvalue weighted by atomic mass is 9.91. The fourth-order valence-electron chi connectivity index (χ4n) is 1.78. The summed E-state index contributed by atoms with van der Waals surface area (Å²) in [5, 5.41) is 6.70. The summed E-state index contributed by atoms with van der Waals surface area (Å²) >= 11 is 0. The lowest BCUT2D eigenvalue weighted by molar-refractivity contribution is 0.391. The van der Waals surface area contributed by atoms with Crippen LogP contribution in [0.2, 0.25) is 0 Å². The third-order valence-corrected chi connectivity index (χ3v) is 2.37. The third kappa shape index (κ3) is 1.03. The molecule has 2 nitrogen and oxygen atoms in total. The van der Waals surface area contributed by atoms with Gasteiger partial charge < -0.3 is 5.32 Å². The standard InChI is InChI=1S/C8H14N2/c1-2-4-8-7(3-1)5-9-6-10-8/h4,7,9-10H,1-3,5-6H2. The molecule has 2 rings (SSSR count). The molecule has 0 amide bonds. The van der Waals surface area contributed by atoms with Crippen LogP contribution in [0.1, 0.15) is 19.3 Å². The summed E-state index contributed by atoms with van der Waals surface area (Å²) < 4.78 is 0. The molecule has 1 atom stereocenters. The van der Waals surface area contributed by atoms with E-state index in [0.29, 0.717) is 0 Å². The molecule has 10 heavy (non-hydrogen) atoms. The van der Waals surface area contributed by atoms with Crippen molar-refractivity contribution in [2.24, 2.45) is 5.92 Å². The second-order valence-electron chi connectivity index (χ2n) is 3.09. The van der Waals surface area contributed by atoms with E-state index in [1.807, 2.05) is 0 Å². The van der Waals surface area contributed by atoms with E-state index in [0.717, 1.165) is 12.6 Å². The van der Waals surface area contributed by atoms with Crippen molar-refractivity contribution in [2.75, 3.05) is 13.2 Å². The van der Waals surface area contributed by atoms with Crippen molar-refractivity contribution >= 4 is 0 Å². The zero-order valence-electron chi connectivity index (χ0n) is 6.19. The maximum absolute atomic E-state index is 3.37. The molecule has 1 unspecified atom stereocenters. The molecule has 0 bridgehead atoms. The average molecular weight is 138 g/mol. The van der Waals surface area contributed by atoms with Crippen LogP contribution in [-0.4, -0.2) is 13.2 Å². The molecule has 1 aliphatic carbocycles. The van der Waals surface area contributed by atoms with Gasteiger partial charge in [0, 0.05) is 18.2 Å². The van der Waals surface area contributed by atoms with Gasteiger partial charge in [0.2, 0.25) is 0 Å². The van der Waals surface area contributed by atoms with E-state index in [4.69, 9.17) is 0 Å². The molecule has 0 aromatic carbocycles. The van der Waals surface area contributed by atoms with Gasteiger partial charge in [-0.3, -0.25) is 5.32 Å². The topological polar surface area (TPSA) is 24.1 Å². The number of rotatable bonds is 0. The molecule has 2 heteroatoms. The Balaban J connectivity index is 2.08. The van der Waals surface area contributed by atoms with Gasteiger partial charge in [0.1, 0.15) is 0 Å². The van der Waals surface area contributed by atoms with Gasteiger partial charge in [-0.25, -0.2) is 0 Å². The SMILES string of the molecule is C1=C2NCNCC2CCC1. The molecule has 0 radical (unpaired) electrons. The Labute approximate surface area is 61.7 Å². The summed E-state index contributed by atoms with van der Waals surface area (Å²) in [5.74, 6) is 0.794. The summed E-state index contributed by atoms with van der Waals surface area (Å²) in [6.45, 7) is 2.14. The van der Waals surface area contributed by atoms with Crippen LogP contribution < -0.4 is 10.6 Å². The first-order valence-corrected chi connectivity index (χ1v) is 4.11. The van der Waals surface area contributed by atoms with Gasteiger partial charge in [0.15, 0.2) is 0 Å². The van der Waals surface area contributed by atoms with Gasteiger partial charge in [-0.05, 0) is 19.3 Å². The molecule has 1 saturated heterocycles. The van der Waals surface area contributed by atoms with Crippen LogP contribution in [0.5, 0.6) is 0 Å². The molecular formula is C8H14N2. The minimum atomic E-state index is 0.794. The van der Waals surface area contributed by atoms with E-state index in [-0.39, 0.29) is 0 Å². The molecule has 1 fully saturated rings. The minimum absolute atomic E-state index is 0.794. The van der Waals surface area contributed by atoms with Crippen molar-refractivity contribution in [3.63, 3.8) is 0 Å². The second-order valence-corrected chi connectivity index (χ2v) is 3.09. The lowest BCUT2D eigenvalue weighted by Gasteiger charge is -2.30. The summed E-state index contributed by atoms with van der Waals surface area (Å²) in [4.78, 5) is 0. The van der Waals surface area contributed by atoms with Gasteiger partial charge >= 0.3 is 0 Å². The molecule has 0 saturated carbocycles. The van der Waals surface area contributed by atoms with Crippen LogP contribution >= 0.6 is 0 Å². The first kappa shape index (κ1) is 6.23. The van der Waals surface area contributed by atoms with E-state index in [9.17, 15) is 0 Å². The zero-order chi connectivity index (χ0) is 6.81. The van der Waals surface area contributed by atoms with E-state index in [1.54, 1.807) is 0 Å². The predicted octanol–water partition coefficient (Wildman–Crippen LogP) is 0.821. The first-order chi connectivity index (χ1) is 4.97. The van der Waals surface area contributed by atoms with E-state index < -0.39 is 0 Å². The van der Waals surface area contributed by atoms with Crippen molar-refractivity contribution in [3.8, 4) is 0 Å². The highest BCUT2D eigenvalue weighted by molar-refractivity contribution is 5.10. The van der Waals surface area contributed by atoms with Crippen molar-refractivity contribution in [3.05, 3.63) is 11.8 Å². The number of allylic oxidation sites excluding steroid dienone is 1. The Kier molecular flexibility index (Phi) is 1.63. The zero-order valence-corrected chi connectivity index (χ0v) is 6.19. The van der Waals surface area contributed by atoms with Crippen LogP contribution in [0.4, 0.5) is 0 Å². The van der Waals surface area contributed by atoms with Crippen LogP contribution in [0.25, 0.3) is 0 Å². The monoisotopic (exact) mass is 138 g/mol. The number of hydrogen-bond acceptors (Lipinski definition) is 2. The second kappa shape index (κ2) is 2.62. The van der Waals surface area contributed by atoms with Gasteiger partial charge in [-0.15, -0.1) is 0 Å². The highest BCUT2D eigenvalue weighted by atomic mass is 15.1. The van der Waals surface area contributed by atoms with Gasteiger partial charge in [0.25, 0.3) is 0 Å². The fraction of sp³-hybridized carbons (Fsp3) is 0.750. The smallest absolute Gasteiger partial charge is 0.0650 e. The van der Waals surface area contributed by atoms with Gasteiger partial charge in [-0.2, -0.15) is 0 Å². The molecular weight excluding hydrogens is 124 g/mol. The number of hydrogen-bond donors (Lipinski definition) is 2. The Bertz CT molecular complexity index is 151. The molecule has 1 aliphatic heterocycles. The van der Waals surface area contributed by atoms with Crippen LogP contribution in [0, 0.1) is 5.92 Å². The average Bonchev–Trinajstić information content (AvgIpc) is 2.05. The van der Waals surface area contributed by atoms with E-state index >= 15 is 0 Å². The minimum Gasteiger partial charge on any atom is -0.376 e. The molecule has 2 N–H and O–H groups in total. The molecule has 2 aliphatic rings. The van der Waals surface area contributed by atoms with Crippen LogP contribution in [-0.2, 0) is 0 Å². The van der Waals surface area contributed by atoms with Crippen LogP contribution in [0.15, 0.2) is 11.8 Å². The Morgan fingerprint density at radius 1 is 1.50 bits per heavy atom. The Hall–Kier alpha value is -0.500. The summed E-state index contributed by atoms with van der Waals surface area (Å²) in [6.07, 6.45) is 6.37. The van der Waals surface area contributed by atoms with Crippen molar-refractivity contribution in [1.82, 2.24) is 10.6 Å². The van der Waals surface area contributed by atoms with Crippen molar-refractivity contribution in [1.29, 1.82) is 0 Å². The predicted molar refractivity (Wildman–Crippen MR) is 41.4 cm³/mol. The Morgan fingerprint density at radius 2 is 2.50 bits per heavy atom. The van der Waals surface area contributed by atoms with Gasteiger partial charge in [-0.1, -0.05) is 6.08 Å². The largest absolute Gasteiger partial charge is 0.376 e. The van der Waals surface area contributed by atoms with Crippen molar-refractivity contribution in [2.45, 2.75) is 19.3 Å². The summed E-state index contributed by atoms with van der Waals surface area (Å²) in [6, 6.07) is 0. The normalized spacial score (nSPS) is 32.0. The number of nitrogens with one attached hydrogen (secondary N) is 2. The highest BCUT2D eigenvalue weighted by Crippen LogP contribution is 2.23. The van der Waals surface area contributed by atoms with E-state index in [2.05, 4.69) is 16.7 Å². The van der Waals surface area contributed by atoms with Crippen molar-refractivity contribution < 1.29 is 0 Å². The molecule has 0 spiro atoms. The quantitative estimate of drug-likeness (QED) is 0.518. The van der Waals surface area contributed by atoms with Gasteiger partial charge in [0.05, 0.1) is 6.67 Å². The lowest BCUT2D eigenvalue weighted by Crippen LogP contribution is -2.42. The number of fused-ring (bicyclic) bond motifs is 1. The highest BCUT2D eigenvalue weighted by Gasteiger charge is 2.19. The van der Waals surface area contributed by atoms with E-state index in [1.165, 1.54) is 31.5 Å². The fourth-order valence-corrected chi connectivity index (χ4v) is 1.78. The maximum Gasteiger partial charge on any atom is 0.0650 e. The summed E-state index contributed by atoms with van der Waals surface area (Å²) in [5.41, 5.74) is 1.49. The summed E-state index contributed by atoms with van der Waals surface area (Å²) in [7, 11) is 0. The molecule has 56 valence electrons.